The van der Waals surface area contributed by atoms with E-state index in [9.17, 15) is 9.59 Å². The van der Waals surface area contributed by atoms with Crippen molar-refractivity contribution in [2.45, 2.75) is 33.1 Å². The van der Waals surface area contributed by atoms with Crippen LogP contribution in [0.1, 0.15) is 49.3 Å². The smallest absolute Gasteiger partial charge is 0.282 e. The van der Waals surface area contributed by atoms with Gasteiger partial charge >= 0.3 is 0 Å². The van der Waals surface area contributed by atoms with Crippen molar-refractivity contribution in [2.75, 3.05) is 0 Å². The third-order valence-corrected chi connectivity index (χ3v) is 5.77. The van der Waals surface area contributed by atoms with Crippen molar-refractivity contribution in [1.82, 2.24) is 14.2 Å². The van der Waals surface area contributed by atoms with Gasteiger partial charge in [-0.2, -0.15) is 9.78 Å². The third-order valence-electron chi connectivity index (χ3n) is 5.28. The number of nitrogens with zero attached hydrogens (tertiary/aromatic N) is 4. The summed E-state index contributed by atoms with van der Waals surface area (Å²) in [7, 11) is 0. The summed E-state index contributed by atoms with van der Waals surface area (Å²) in [5, 5.41) is 5.92. The number of fused-ring (bicyclic) bond motifs is 2. The van der Waals surface area contributed by atoms with Crippen molar-refractivity contribution in [3.05, 3.63) is 74.9 Å². The zero-order valence-electron chi connectivity index (χ0n) is 17.0. The summed E-state index contributed by atoms with van der Waals surface area (Å²) in [6, 6.07) is 13.1. The molecule has 4 rings (SSSR count). The number of rotatable bonds is 4. The molecule has 0 saturated carbocycles. The van der Waals surface area contributed by atoms with Gasteiger partial charge in [-0.1, -0.05) is 48.0 Å². The fourth-order valence-electron chi connectivity index (χ4n) is 3.47. The van der Waals surface area contributed by atoms with Crippen LogP contribution in [-0.4, -0.2) is 26.3 Å². The maximum absolute atomic E-state index is 13.2. The molecule has 0 bridgehead atoms. The van der Waals surface area contributed by atoms with Crippen LogP contribution in [0.4, 0.5) is 0 Å². The predicted molar refractivity (Wildman–Crippen MR) is 124 cm³/mol. The van der Waals surface area contributed by atoms with Gasteiger partial charge in [0.25, 0.3) is 5.56 Å². The normalized spacial score (nSPS) is 12.8. The fraction of sp³-hybridized carbons (Fsp3) is 0.217. The molecular formula is C23H21BrN4O2. The Bertz CT molecular complexity index is 1370. The van der Waals surface area contributed by atoms with E-state index < -0.39 is 0 Å². The van der Waals surface area contributed by atoms with Crippen LogP contribution >= 0.6 is 15.9 Å². The minimum atomic E-state index is -0.219. The van der Waals surface area contributed by atoms with Crippen LogP contribution in [0.5, 0.6) is 0 Å². The van der Waals surface area contributed by atoms with E-state index in [1.165, 1.54) is 11.6 Å². The molecule has 0 N–H and O–H groups in total. The first-order valence-electron chi connectivity index (χ1n) is 9.78. The summed E-state index contributed by atoms with van der Waals surface area (Å²) >= 11 is 3.42. The summed E-state index contributed by atoms with van der Waals surface area (Å²) in [5.41, 5.74) is 2.00. The average Bonchev–Trinajstić information content (AvgIpc) is 3.12. The van der Waals surface area contributed by atoms with Gasteiger partial charge in [0.15, 0.2) is 0 Å². The van der Waals surface area contributed by atoms with Crippen molar-refractivity contribution >= 4 is 49.9 Å². The Morgan fingerprint density at radius 1 is 1.23 bits per heavy atom. The Morgan fingerprint density at radius 2 is 2.00 bits per heavy atom. The number of benzene rings is 2. The Kier molecular flexibility index (Phi) is 5.39. The monoisotopic (exact) mass is 464 g/mol. The van der Waals surface area contributed by atoms with Crippen molar-refractivity contribution in [3.63, 3.8) is 0 Å². The van der Waals surface area contributed by atoms with E-state index in [1.54, 1.807) is 23.0 Å². The van der Waals surface area contributed by atoms with Crippen LogP contribution in [0.3, 0.4) is 0 Å². The average molecular weight is 465 g/mol. The van der Waals surface area contributed by atoms with Gasteiger partial charge in [-0.25, -0.2) is 4.98 Å². The molecule has 0 saturated heterocycles. The van der Waals surface area contributed by atoms with Crippen molar-refractivity contribution in [1.29, 1.82) is 0 Å². The standard InChI is InChI=1S/C23H21BrN4O2/c1-4-14(2)22-26-20-10-9-17(24)11-19(20)23(30)28(22)25-12-16-13-27(15(3)29)21-8-6-5-7-18(16)21/h5-14H,4H2,1-3H3/t14-/m0/s1. The molecule has 4 aromatic rings. The molecule has 30 heavy (non-hydrogen) atoms. The van der Waals surface area contributed by atoms with E-state index in [0.717, 1.165) is 27.4 Å². The van der Waals surface area contributed by atoms with Gasteiger partial charge in [0.1, 0.15) is 5.82 Å². The summed E-state index contributed by atoms with van der Waals surface area (Å²) in [5.74, 6) is 0.589. The van der Waals surface area contributed by atoms with Crippen LogP contribution in [-0.2, 0) is 0 Å². The molecule has 0 aliphatic rings. The molecule has 2 aromatic heterocycles. The van der Waals surface area contributed by atoms with Crippen LogP contribution in [0.25, 0.3) is 21.8 Å². The molecule has 7 heteroatoms. The number of carbonyl (C=O) groups excluding carboxylic acids is 1. The van der Waals surface area contributed by atoms with Gasteiger partial charge in [-0.15, -0.1) is 0 Å². The minimum Gasteiger partial charge on any atom is -0.287 e. The zero-order chi connectivity index (χ0) is 21.4. The summed E-state index contributed by atoms with van der Waals surface area (Å²) in [6.45, 7) is 5.60. The maximum Gasteiger partial charge on any atom is 0.282 e. The quantitative estimate of drug-likeness (QED) is 0.391. The van der Waals surface area contributed by atoms with Gasteiger partial charge in [0.05, 0.1) is 22.6 Å². The first kappa shape index (κ1) is 20.2. The van der Waals surface area contributed by atoms with E-state index in [0.29, 0.717) is 16.7 Å². The van der Waals surface area contributed by atoms with E-state index in [4.69, 9.17) is 4.98 Å². The van der Waals surface area contributed by atoms with Crippen LogP contribution in [0, 0.1) is 0 Å². The highest BCUT2D eigenvalue weighted by molar-refractivity contribution is 9.10. The molecule has 2 heterocycles. The molecule has 1 atom stereocenters. The summed E-state index contributed by atoms with van der Waals surface area (Å²) in [4.78, 5) is 30.0. The lowest BCUT2D eigenvalue weighted by Gasteiger charge is -2.13. The number of halogens is 1. The predicted octanol–water partition coefficient (Wildman–Crippen LogP) is 5.17. The second-order valence-electron chi connectivity index (χ2n) is 7.29. The molecule has 0 spiro atoms. The fourth-order valence-corrected chi connectivity index (χ4v) is 3.83. The molecule has 0 fully saturated rings. The molecule has 0 amide bonds. The van der Waals surface area contributed by atoms with Gasteiger partial charge in [0, 0.05) is 34.5 Å². The number of hydrogen-bond donors (Lipinski definition) is 0. The van der Waals surface area contributed by atoms with Crippen LogP contribution < -0.4 is 5.56 Å². The molecule has 0 aliphatic carbocycles. The highest BCUT2D eigenvalue weighted by atomic mass is 79.9. The van der Waals surface area contributed by atoms with E-state index in [1.807, 2.05) is 43.3 Å². The number of aromatic nitrogens is 3. The van der Waals surface area contributed by atoms with E-state index >= 15 is 0 Å². The number of para-hydroxylation sites is 1. The molecule has 0 radical (unpaired) electrons. The Labute approximate surface area is 182 Å². The Hall–Kier alpha value is -3.06. The molecule has 0 unspecified atom stereocenters. The van der Waals surface area contributed by atoms with Crippen LogP contribution in [0.2, 0.25) is 0 Å². The largest absolute Gasteiger partial charge is 0.287 e. The second kappa shape index (κ2) is 7.99. The minimum absolute atomic E-state index is 0.0569. The Balaban J connectivity index is 1.93. The van der Waals surface area contributed by atoms with E-state index in [2.05, 4.69) is 28.0 Å². The molecule has 152 valence electrons. The Morgan fingerprint density at radius 3 is 2.73 bits per heavy atom. The third kappa shape index (κ3) is 3.50. The lowest BCUT2D eigenvalue weighted by molar-refractivity contribution is 0.0941. The topological polar surface area (TPSA) is 69.2 Å². The number of hydrogen-bond acceptors (Lipinski definition) is 4. The molecule has 2 aromatic carbocycles. The first-order chi connectivity index (χ1) is 14.4. The van der Waals surface area contributed by atoms with E-state index in [-0.39, 0.29) is 17.4 Å². The summed E-state index contributed by atoms with van der Waals surface area (Å²) < 4.78 is 3.78. The molecule has 6 nitrogen and oxygen atoms in total. The lowest BCUT2D eigenvalue weighted by Crippen LogP contribution is -2.23. The summed E-state index contributed by atoms with van der Waals surface area (Å²) in [6.07, 6.45) is 4.20. The molecule has 0 aliphatic heterocycles. The van der Waals surface area contributed by atoms with Crippen molar-refractivity contribution in [2.24, 2.45) is 5.10 Å². The van der Waals surface area contributed by atoms with Crippen molar-refractivity contribution in [3.8, 4) is 0 Å². The lowest BCUT2D eigenvalue weighted by atomic mass is 10.1. The second-order valence-corrected chi connectivity index (χ2v) is 8.21. The van der Waals surface area contributed by atoms with Crippen molar-refractivity contribution < 1.29 is 4.79 Å². The highest BCUT2D eigenvalue weighted by Crippen LogP contribution is 2.22. The van der Waals surface area contributed by atoms with Gasteiger partial charge < -0.3 is 0 Å². The first-order valence-corrected chi connectivity index (χ1v) is 10.6. The van der Waals surface area contributed by atoms with Gasteiger partial charge in [-0.3, -0.25) is 14.2 Å². The van der Waals surface area contributed by atoms with Gasteiger partial charge in [0.2, 0.25) is 5.91 Å². The van der Waals surface area contributed by atoms with Crippen LogP contribution in [0.15, 0.2) is 63.0 Å². The SMILES string of the molecule is CC[C@H](C)c1nc2ccc(Br)cc2c(=O)n1N=Cc1cn(C(C)=O)c2ccccc12. The van der Waals surface area contributed by atoms with Gasteiger partial charge in [-0.05, 0) is 30.7 Å². The maximum atomic E-state index is 13.2. The molecular weight excluding hydrogens is 444 g/mol. The highest BCUT2D eigenvalue weighted by Gasteiger charge is 2.16. The number of carbonyl (C=O) groups is 1. The zero-order valence-corrected chi connectivity index (χ0v) is 18.5.